The second kappa shape index (κ2) is 4.80. The van der Waals surface area contributed by atoms with Crippen LogP contribution in [-0.2, 0) is 0 Å². The Bertz CT molecular complexity index is 293. The molecule has 0 heterocycles. The van der Waals surface area contributed by atoms with Crippen molar-refractivity contribution in [2.24, 2.45) is 11.8 Å². The van der Waals surface area contributed by atoms with Crippen LogP contribution in [0.5, 0.6) is 0 Å². The number of benzene rings is 1. The van der Waals surface area contributed by atoms with E-state index in [0.717, 1.165) is 0 Å². The smallest absolute Gasteiger partial charge is 0.0467 e. The number of aliphatic hydroxyl groups is 1. The molecule has 0 aromatic heterocycles. The van der Waals surface area contributed by atoms with Crippen LogP contribution in [0.25, 0.3) is 0 Å². The highest BCUT2D eigenvalue weighted by molar-refractivity contribution is 5.21. The predicted octanol–water partition coefficient (Wildman–Crippen LogP) is 3.20. The van der Waals surface area contributed by atoms with Gasteiger partial charge in [0.05, 0.1) is 0 Å². The molecule has 2 rings (SSSR count). The van der Waals surface area contributed by atoms with Crippen LogP contribution in [0, 0.1) is 11.8 Å². The van der Waals surface area contributed by atoms with E-state index in [1.54, 1.807) is 0 Å². The third-order valence-corrected chi connectivity index (χ3v) is 3.86. The van der Waals surface area contributed by atoms with Crippen molar-refractivity contribution in [1.82, 2.24) is 0 Å². The lowest BCUT2D eigenvalue weighted by molar-refractivity contribution is 0.123. The van der Waals surface area contributed by atoms with Crippen LogP contribution in [-0.4, -0.2) is 11.7 Å². The molecule has 1 N–H and O–H groups in total. The molecule has 1 aliphatic carbocycles. The molecule has 15 heavy (non-hydrogen) atoms. The van der Waals surface area contributed by atoms with Crippen LogP contribution in [0.15, 0.2) is 30.3 Å². The van der Waals surface area contributed by atoms with Gasteiger partial charge >= 0.3 is 0 Å². The Labute approximate surface area is 92.1 Å². The van der Waals surface area contributed by atoms with Gasteiger partial charge in [0.25, 0.3) is 0 Å². The lowest BCUT2D eigenvalue weighted by Gasteiger charge is -2.35. The van der Waals surface area contributed by atoms with E-state index < -0.39 is 0 Å². The second-order valence-corrected chi connectivity index (χ2v) is 4.77. The quantitative estimate of drug-likeness (QED) is 0.784. The van der Waals surface area contributed by atoms with Crippen LogP contribution < -0.4 is 0 Å². The van der Waals surface area contributed by atoms with Gasteiger partial charge in [-0.2, -0.15) is 0 Å². The normalized spacial score (nSPS) is 31.5. The van der Waals surface area contributed by atoms with Gasteiger partial charge in [-0.3, -0.25) is 0 Å². The molecule has 0 bridgehead atoms. The summed E-state index contributed by atoms with van der Waals surface area (Å²) >= 11 is 0. The molecule has 0 spiro atoms. The summed E-state index contributed by atoms with van der Waals surface area (Å²) in [4.78, 5) is 0. The van der Waals surface area contributed by atoms with E-state index in [-0.39, 0.29) is 0 Å². The minimum atomic E-state index is 0.334. The fourth-order valence-electron chi connectivity index (χ4n) is 2.91. The zero-order valence-corrected chi connectivity index (χ0v) is 9.39. The summed E-state index contributed by atoms with van der Waals surface area (Å²) in [6.45, 7) is 2.61. The summed E-state index contributed by atoms with van der Waals surface area (Å²) in [5.74, 6) is 1.69. The largest absolute Gasteiger partial charge is 0.396 e. The van der Waals surface area contributed by atoms with Gasteiger partial charge in [0, 0.05) is 6.61 Å². The molecular weight excluding hydrogens is 184 g/mol. The molecule has 3 unspecified atom stereocenters. The van der Waals surface area contributed by atoms with Gasteiger partial charge in [-0.05, 0) is 29.7 Å². The number of rotatable bonds is 2. The van der Waals surface area contributed by atoms with E-state index in [4.69, 9.17) is 0 Å². The first-order valence-corrected chi connectivity index (χ1v) is 5.98. The van der Waals surface area contributed by atoms with Crippen LogP contribution >= 0.6 is 0 Å². The van der Waals surface area contributed by atoms with Crippen LogP contribution in [0.2, 0.25) is 0 Å². The summed E-state index contributed by atoms with van der Waals surface area (Å²) in [6.07, 6.45) is 3.81. The highest BCUT2D eigenvalue weighted by atomic mass is 16.3. The molecular formula is C14H20O. The first-order valence-electron chi connectivity index (χ1n) is 5.98. The summed E-state index contributed by atoms with van der Waals surface area (Å²) in [6, 6.07) is 10.7. The monoisotopic (exact) mass is 204 g/mol. The Hall–Kier alpha value is -0.820. The zero-order valence-electron chi connectivity index (χ0n) is 9.39. The van der Waals surface area contributed by atoms with E-state index in [2.05, 4.69) is 37.3 Å². The van der Waals surface area contributed by atoms with Crippen molar-refractivity contribution in [2.45, 2.75) is 32.1 Å². The van der Waals surface area contributed by atoms with Gasteiger partial charge in [0.1, 0.15) is 0 Å². The van der Waals surface area contributed by atoms with Crippen LogP contribution in [0.4, 0.5) is 0 Å². The Kier molecular flexibility index (Phi) is 3.42. The SMILES string of the molecule is CC1CCCC(c2ccccc2)C1CO. The van der Waals surface area contributed by atoms with Crippen molar-refractivity contribution in [3.63, 3.8) is 0 Å². The maximum Gasteiger partial charge on any atom is 0.0467 e. The van der Waals surface area contributed by atoms with E-state index >= 15 is 0 Å². The van der Waals surface area contributed by atoms with Gasteiger partial charge in [-0.1, -0.05) is 50.1 Å². The standard InChI is InChI=1S/C14H20O/c1-11-6-5-9-13(14(11)10-15)12-7-3-2-4-8-12/h2-4,7-8,11,13-15H,5-6,9-10H2,1H3. The number of hydrogen-bond acceptors (Lipinski definition) is 1. The summed E-state index contributed by atoms with van der Waals surface area (Å²) in [5, 5.41) is 9.49. The average Bonchev–Trinajstić information content (AvgIpc) is 2.30. The Morgan fingerprint density at radius 2 is 1.93 bits per heavy atom. The van der Waals surface area contributed by atoms with Crippen molar-refractivity contribution in [2.75, 3.05) is 6.61 Å². The Morgan fingerprint density at radius 3 is 2.60 bits per heavy atom. The molecule has 0 amide bonds. The fourth-order valence-corrected chi connectivity index (χ4v) is 2.91. The highest BCUT2D eigenvalue weighted by Crippen LogP contribution is 2.40. The molecule has 1 aromatic rings. The zero-order chi connectivity index (χ0) is 10.7. The number of hydrogen-bond donors (Lipinski definition) is 1. The first-order chi connectivity index (χ1) is 7.33. The van der Waals surface area contributed by atoms with Gasteiger partial charge in [-0.25, -0.2) is 0 Å². The molecule has 1 saturated carbocycles. The van der Waals surface area contributed by atoms with E-state index in [1.807, 2.05) is 0 Å². The summed E-state index contributed by atoms with van der Waals surface area (Å²) < 4.78 is 0. The predicted molar refractivity (Wildman–Crippen MR) is 62.8 cm³/mol. The maximum absolute atomic E-state index is 9.49. The van der Waals surface area contributed by atoms with Crippen molar-refractivity contribution < 1.29 is 5.11 Å². The van der Waals surface area contributed by atoms with Gasteiger partial charge < -0.3 is 5.11 Å². The minimum Gasteiger partial charge on any atom is -0.396 e. The van der Waals surface area contributed by atoms with Gasteiger partial charge in [0.2, 0.25) is 0 Å². The molecule has 1 heteroatoms. The molecule has 1 fully saturated rings. The van der Waals surface area contributed by atoms with Crippen molar-refractivity contribution >= 4 is 0 Å². The Morgan fingerprint density at radius 1 is 1.20 bits per heavy atom. The molecule has 82 valence electrons. The molecule has 1 nitrogen and oxygen atoms in total. The van der Waals surface area contributed by atoms with E-state index in [0.29, 0.717) is 24.4 Å². The minimum absolute atomic E-state index is 0.334. The first kappa shape index (κ1) is 10.7. The van der Waals surface area contributed by atoms with E-state index in [1.165, 1.54) is 24.8 Å². The molecule has 1 aromatic carbocycles. The number of aliphatic hydroxyl groups excluding tert-OH is 1. The summed E-state index contributed by atoms with van der Waals surface area (Å²) in [5.41, 5.74) is 1.41. The molecule has 3 atom stereocenters. The van der Waals surface area contributed by atoms with Crippen LogP contribution in [0.3, 0.4) is 0 Å². The van der Waals surface area contributed by atoms with Crippen molar-refractivity contribution in [3.05, 3.63) is 35.9 Å². The topological polar surface area (TPSA) is 20.2 Å². The fraction of sp³-hybridized carbons (Fsp3) is 0.571. The maximum atomic E-state index is 9.49. The van der Waals surface area contributed by atoms with Crippen LogP contribution in [0.1, 0.15) is 37.7 Å². The molecule has 1 aliphatic rings. The molecule has 0 saturated heterocycles. The third kappa shape index (κ3) is 2.23. The lowest BCUT2D eigenvalue weighted by Crippen LogP contribution is -2.28. The third-order valence-electron chi connectivity index (χ3n) is 3.86. The van der Waals surface area contributed by atoms with Gasteiger partial charge in [-0.15, -0.1) is 0 Å². The molecule has 0 aliphatic heterocycles. The lowest BCUT2D eigenvalue weighted by atomic mass is 9.70. The highest BCUT2D eigenvalue weighted by Gasteiger charge is 2.30. The second-order valence-electron chi connectivity index (χ2n) is 4.77. The summed E-state index contributed by atoms with van der Waals surface area (Å²) in [7, 11) is 0. The van der Waals surface area contributed by atoms with E-state index in [9.17, 15) is 5.11 Å². The van der Waals surface area contributed by atoms with Crippen molar-refractivity contribution in [1.29, 1.82) is 0 Å². The van der Waals surface area contributed by atoms with Gasteiger partial charge in [0.15, 0.2) is 0 Å². The molecule has 0 radical (unpaired) electrons. The average molecular weight is 204 g/mol. The Balaban J connectivity index is 2.19. The van der Waals surface area contributed by atoms with Crippen molar-refractivity contribution in [3.8, 4) is 0 Å².